The van der Waals surface area contributed by atoms with Gasteiger partial charge in [-0.25, -0.2) is 0 Å². The van der Waals surface area contributed by atoms with E-state index in [0.717, 1.165) is 16.5 Å². The topological polar surface area (TPSA) is 48.3 Å². The van der Waals surface area contributed by atoms with Crippen LogP contribution in [-0.4, -0.2) is 23.6 Å². The van der Waals surface area contributed by atoms with E-state index in [0.29, 0.717) is 5.56 Å². The lowest BCUT2D eigenvalue weighted by molar-refractivity contribution is -0.139. The number of hydrogen-bond acceptors (Lipinski definition) is 3. The molecule has 0 saturated carbocycles. The summed E-state index contributed by atoms with van der Waals surface area (Å²) in [5, 5.41) is 0.886. The number of carbonyl (C=O) groups is 2. The molecule has 1 aromatic heterocycles. The van der Waals surface area contributed by atoms with Gasteiger partial charge in [-0.15, -0.1) is 0 Å². The monoisotopic (exact) mass is 293 g/mol. The van der Waals surface area contributed by atoms with Crippen LogP contribution in [0.2, 0.25) is 0 Å². The van der Waals surface area contributed by atoms with E-state index in [4.69, 9.17) is 4.74 Å². The number of esters is 1. The fraction of sp³-hybridized carbons (Fsp3) is 0.111. The minimum Gasteiger partial charge on any atom is -0.469 e. The van der Waals surface area contributed by atoms with E-state index < -0.39 is 0 Å². The van der Waals surface area contributed by atoms with Crippen molar-refractivity contribution in [2.45, 2.75) is 6.42 Å². The number of aromatic nitrogens is 1. The molecule has 0 aliphatic rings. The van der Waals surface area contributed by atoms with Crippen LogP contribution in [0.3, 0.4) is 0 Å². The van der Waals surface area contributed by atoms with E-state index in [1.54, 1.807) is 22.9 Å². The molecule has 0 bridgehead atoms. The van der Waals surface area contributed by atoms with Crippen molar-refractivity contribution < 1.29 is 14.3 Å². The Balaban J connectivity index is 2.10. The Morgan fingerprint density at radius 1 is 1.00 bits per heavy atom. The summed E-state index contributed by atoms with van der Waals surface area (Å²) in [4.78, 5) is 24.2. The van der Waals surface area contributed by atoms with Crippen LogP contribution in [-0.2, 0) is 16.0 Å². The van der Waals surface area contributed by atoms with Crippen LogP contribution in [0.4, 0.5) is 0 Å². The minimum absolute atomic E-state index is 0.118. The van der Waals surface area contributed by atoms with Crippen molar-refractivity contribution in [3.05, 3.63) is 71.9 Å². The van der Waals surface area contributed by atoms with E-state index in [1.165, 1.54) is 7.11 Å². The van der Waals surface area contributed by atoms with Gasteiger partial charge in [-0.2, -0.15) is 0 Å². The SMILES string of the molecule is COC(=O)Cc1cn(C(=O)c2ccccc2)c2ccccc12. The molecule has 22 heavy (non-hydrogen) atoms. The first kappa shape index (κ1) is 14.1. The van der Waals surface area contributed by atoms with Gasteiger partial charge in [0.25, 0.3) is 5.91 Å². The Morgan fingerprint density at radius 3 is 2.41 bits per heavy atom. The second-order valence-electron chi connectivity index (χ2n) is 4.97. The van der Waals surface area contributed by atoms with Crippen LogP contribution in [0.5, 0.6) is 0 Å². The first-order valence-electron chi connectivity index (χ1n) is 6.96. The molecule has 4 nitrogen and oxygen atoms in total. The van der Waals surface area contributed by atoms with Crippen molar-refractivity contribution in [2.75, 3.05) is 7.11 Å². The Bertz CT molecular complexity index is 834. The van der Waals surface area contributed by atoms with E-state index in [2.05, 4.69) is 0 Å². The Hall–Kier alpha value is -2.88. The van der Waals surface area contributed by atoms with Gasteiger partial charge >= 0.3 is 5.97 Å². The summed E-state index contributed by atoms with van der Waals surface area (Å²) in [6, 6.07) is 16.6. The van der Waals surface area contributed by atoms with Crippen molar-refractivity contribution in [2.24, 2.45) is 0 Å². The van der Waals surface area contributed by atoms with Crippen molar-refractivity contribution >= 4 is 22.8 Å². The molecule has 0 atom stereocenters. The van der Waals surface area contributed by atoms with Crippen molar-refractivity contribution in [1.29, 1.82) is 0 Å². The Labute approximate surface area is 127 Å². The summed E-state index contributed by atoms with van der Waals surface area (Å²) in [5.74, 6) is -0.442. The number of methoxy groups -OCH3 is 1. The molecule has 2 aromatic carbocycles. The third kappa shape index (κ3) is 2.51. The van der Waals surface area contributed by atoms with Gasteiger partial charge in [0.2, 0.25) is 0 Å². The standard InChI is InChI=1S/C18H15NO3/c1-22-17(20)11-14-12-19(16-10-6-5-9-15(14)16)18(21)13-7-3-2-4-8-13/h2-10,12H,11H2,1H3. The third-order valence-electron chi connectivity index (χ3n) is 3.60. The number of hydrogen-bond donors (Lipinski definition) is 0. The molecule has 0 spiro atoms. The van der Waals surface area contributed by atoms with E-state index in [1.807, 2.05) is 42.5 Å². The van der Waals surface area contributed by atoms with Crippen LogP contribution >= 0.6 is 0 Å². The van der Waals surface area contributed by atoms with Crippen LogP contribution in [0, 0.1) is 0 Å². The number of fused-ring (bicyclic) bond motifs is 1. The first-order valence-corrected chi connectivity index (χ1v) is 6.96. The molecule has 0 aliphatic carbocycles. The number of rotatable bonds is 3. The maximum Gasteiger partial charge on any atom is 0.310 e. The molecule has 0 radical (unpaired) electrons. The van der Waals surface area contributed by atoms with Gasteiger partial charge in [-0.05, 0) is 23.8 Å². The highest BCUT2D eigenvalue weighted by Gasteiger charge is 2.16. The van der Waals surface area contributed by atoms with Gasteiger partial charge in [0, 0.05) is 17.1 Å². The lowest BCUT2D eigenvalue weighted by Gasteiger charge is -2.03. The Kier molecular flexibility index (Phi) is 3.74. The molecule has 0 fully saturated rings. The van der Waals surface area contributed by atoms with Crippen LogP contribution < -0.4 is 0 Å². The summed E-state index contributed by atoms with van der Waals surface area (Å²) >= 11 is 0. The Morgan fingerprint density at radius 2 is 1.68 bits per heavy atom. The number of para-hydroxylation sites is 1. The zero-order chi connectivity index (χ0) is 15.5. The predicted octanol–water partition coefficient (Wildman–Crippen LogP) is 3.05. The molecular weight excluding hydrogens is 278 g/mol. The maximum absolute atomic E-state index is 12.7. The van der Waals surface area contributed by atoms with Gasteiger partial charge in [-0.1, -0.05) is 36.4 Å². The zero-order valence-electron chi connectivity index (χ0n) is 12.2. The molecule has 0 amide bonds. The summed E-state index contributed by atoms with van der Waals surface area (Å²) in [7, 11) is 1.36. The summed E-state index contributed by atoms with van der Waals surface area (Å²) in [6.07, 6.45) is 1.86. The summed E-state index contributed by atoms with van der Waals surface area (Å²) in [5.41, 5.74) is 2.18. The van der Waals surface area contributed by atoms with Gasteiger partial charge in [0.05, 0.1) is 19.0 Å². The number of ether oxygens (including phenoxy) is 1. The lowest BCUT2D eigenvalue weighted by Crippen LogP contribution is -2.10. The van der Waals surface area contributed by atoms with Crippen molar-refractivity contribution in [3.8, 4) is 0 Å². The average molecular weight is 293 g/mol. The third-order valence-corrected chi connectivity index (χ3v) is 3.60. The smallest absolute Gasteiger partial charge is 0.310 e. The molecule has 3 rings (SSSR count). The van der Waals surface area contributed by atoms with E-state index >= 15 is 0 Å². The lowest BCUT2D eigenvalue weighted by atomic mass is 10.1. The van der Waals surface area contributed by atoms with Crippen molar-refractivity contribution in [1.82, 2.24) is 4.57 Å². The second-order valence-corrected chi connectivity index (χ2v) is 4.97. The minimum atomic E-state index is -0.324. The van der Waals surface area contributed by atoms with Crippen LogP contribution in [0.15, 0.2) is 60.8 Å². The fourth-order valence-electron chi connectivity index (χ4n) is 2.51. The second kappa shape index (κ2) is 5.85. The van der Waals surface area contributed by atoms with E-state index in [9.17, 15) is 9.59 Å². The summed E-state index contributed by atoms with van der Waals surface area (Å²) in [6.45, 7) is 0. The largest absolute Gasteiger partial charge is 0.469 e. The highest BCUT2D eigenvalue weighted by molar-refractivity contribution is 6.03. The fourth-order valence-corrected chi connectivity index (χ4v) is 2.51. The van der Waals surface area contributed by atoms with Crippen molar-refractivity contribution in [3.63, 3.8) is 0 Å². The predicted molar refractivity (Wildman–Crippen MR) is 83.8 cm³/mol. The van der Waals surface area contributed by atoms with Gasteiger partial charge in [-0.3, -0.25) is 14.2 Å². The van der Waals surface area contributed by atoms with Gasteiger partial charge < -0.3 is 4.74 Å². The molecule has 0 N–H and O–H groups in total. The molecule has 0 aliphatic heterocycles. The average Bonchev–Trinajstić information content (AvgIpc) is 2.93. The van der Waals surface area contributed by atoms with Gasteiger partial charge in [0.1, 0.15) is 0 Å². The molecule has 0 saturated heterocycles. The first-order chi connectivity index (χ1) is 10.7. The van der Waals surface area contributed by atoms with Crippen LogP contribution in [0.25, 0.3) is 10.9 Å². The maximum atomic E-state index is 12.7. The van der Waals surface area contributed by atoms with Crippen LogP contribution in [0.1, 0.15) is 15.9 Å². The number of carbonyl (C=O) groups excluding carboxylic acids is 2. The van der Waals surface area contributed by atoms with Gasteiger partial charge in [0.15, 0.2) is 0 Å². The molecule has 0 unspecified atom stereocenters. The number of benzene rings is 2. The molecular formula is C18H15NO3. The normalized spacial score (nSPS) is 10.6. The number of nitrogens with zero attached hydrogens (tertiary/aromatic N) is 1. The molecule has 1 heterocycles. The highest BCUT2D eigenvalue weighted by atomic mass is 16.5. The highest BCUT2D eigenvalue weighted by Crippen LogP contribution is 2.23. The molecule has 4 heteroatoms. The van der Waals surface area contributed by atoms with E-state index in [-0.39, 0.29) is 18.3 Å². The molecule has 110 valence electrons. The zero-order valence-corrected chi connectivity index (χ0v) is 12.2. The molecule has 3 aromatic rings. The quantitative estimate of drug-likeness (QED) is 0.697. The summed E-state index contributed by atoms with van der Waals surface area (Å²) < 4.78 is 6.31.